The highest BCUT2D eigenvalue weighted by Gasteiger charge is 2.44. The molecule has 1 aliphatic rings. The molecule has 0 unspecified atom stereocenters. The number of methoxy groups -OCH3 is 1. The minimum atomic E-state index is -0.105. The van der Waals surface area contributed by atoms with Crippen molar-refractivity contribution in [2.24, 2.45) is 5.41 Å². The predicted molar refractivity (Wildman–Crippen MR) is 71.0 cm³/mol. The highest BCUT2D eigenvalue weighted by atomic mass is 79.9. The molecule has 92 valence electrons. The summed E-state index contributed by atoms with van der Waals surface area (Å²) in [6.07, 6.45) is 4.56. The van der Waals surface area contributed by atoms with Crippen LogP contribution in [0.2, 0.25) is 0 Å². The maximum absolute atomic E-state index is 11.3. The van der Waals surface area contributed by atoms with Crippen LogP contribution in [0.3, 0.4) is 0 Å². The first-order valence-electron chi connectivity index (χ1n) is 5.45. The molecule has 0 spiro atoms. The molecule has 1 aromatic rings. The summed E-state index contributed by atoms with van der Waals surface area (Å²) in [4.78, 5) is 15.6. The third kappa shape index (κ3) is 3.71. The Labute approximate surface area is 113 Å². The Morgan fingerprint density at radius 1 is 1.59 bits per heavy atom. The van der Waals surface area contributed by atoms with Crippen LogP contribution in [0.25, 0.3) is 0 Å². The van der Waals surface area contributed by atoms with Gasteiger partial charge in [-0.15, -0.1) is 11.8 Å². The van der Waals surface area contributed by atoms with E-state index in [1.807, 2.05) is 12.1 Å². The third-order valence-corrected chi connectivity index (χ3v) is 4.69. The average Bonchev–Trinajstić information content (AvgIpc) is 3.09. The van der Waals surface area contributed by atoms with Gasteiger partial charge in [-0.2, -0.15) is 0 Å². The third-order valence-electron chi connectivity index (χ3n) is 2.93. The van der Waals surface area contributed by atoms with Gasteiger partial charge < -0.3 is 4.74 Å². The van der Waals surface area contributed by atoms with Crippen molar-refractivity contribution in [3.63, 3.8) is 0 Å². The number of halogens is 1. The number of carbonyl (C=O) groups excluding carboxylic acids is 1. The molecule has 2 rings (SSSR count). The van der Waals surface area contributed by atoms with Crippen LogP contribution in [-0.4, -0.2) is 23.8 Å². The lowest BCUT2D eigenvalue weighted by molar-refractivity contribution is -0.141. The Bertz CT molecular complexity index is 403. The molecule has 0 radical (unpaired) electrons. The number of aromatic nitrogens is 1. The number of hydrogen-bond donors (Lipinski definition) is 0. The number of ether oxygens (including phenoxy) is 1. The molecule has 17 heavy (non-hydrogen) atoms. The van der Waals surface area contributed by atoms with E-state index in [1.165, 1.54) is 7.11 Å². The molecule has 1 saturated carbocycles. The summed E-state index contributed by atoms with van der Waals surface area (Å²) in [5.41, 5.74) is 0.159. The van der Waals surface area contributed by atoms with Gasteiger partial charge in [-0.1, -0.05) is 0 Å². The van der Waals surface area contributed by atoms with Crippen LogP contribution in [0.5, 0.6) is 0 Å². The van der Waals surface area contributed by atoms with E-state index in [4.69, 9.17) is 4.74 Å². The van der Waals surface area contributed by atoms with Crippen LogP contribution < -0.4 is 0 Å². The maximum Gasteiger partial charge on any atom is 0.306 e. The zero-order valence-corrected chi connectivity index (χ0v) is 12.0. The summed E-state index contributed by atoms with van der Waals surface area (Å²) >= 11 is 5.07. The molecule has 1 aliphatic carbocycles. The van der Waals surface area contributed by atoms with E-state index in [1.54, 1.807) is 18.0 Å². The molecule has 1 fully saturated rings. The summed E-state index contributed by atoms with van der Waals surface area (Å²) in [7, 11) is 1.45. The van der Waals surface area contributed by atoms with Crippen LogP contribution in [-0.2, 0) is 9.53 Å². The Morgan fingerprint density at radius 2 is 2.35 bits per heavy atom. The number of hydrogen-bond acceptors (Lipinski definition) is 4. The standard InChI is InChI=1S/C12H14BrNO2S/c1-16-11(15)6-12(4-5-12)8-17-10-3-2-9(13)7-14-10/h2-3,7H,4-6,8H2,1H3. The van der Waals surface area contributed by atoms with Gasteiger partial charge in [0.05, 0.1) is 18.6 Å². The van der Waals surface area contributed by atoms with Crippen molar-refractivity contribution in [1.29, 1.82) is 0 Å². The van der Waals surface area contributed by atoms with Gasteiger partial charge in [0.25, 0.3) is 0 Å². The summed E-state index contributed by atoms with van der Waals surface area (Å²) in [5, 5.41) is 1.00. The van der Waals surface area contributed by atoms with Gasteiger partial charge in [-0.25, -0.2) is 4.98 Å². The molecule has 0 atom stereocenters. The summed E-state index contributed by atoms with van der Waals surface area (Å²) in [6.45, 7) is 0. The largest absolute Gasteiger partial charge is 0.469 e. The number of thioether (sulfide) groups is 1. The number of rotatable bonds is 5. The Hall–Kier alpha value is -0.550. The van der Waals surface area contributed by atoms with Crippen LogP contribution in [0.1, 0.15) is 19.3 Å². The van der Waals surface area contributed by atoms with Gasteiger partial charge in [0.2, 0.25) is 0 Å². The van der Waals surface area contributed by atoms with Crippen LogP contribution in [0.4, 0.5) is 0 Å². The van der Waals surface area contributed by atoms with E-state index < -0.39 is 0 Å². The molecule has 0 aromatic carbocycles. The fourth-order valence-electron chi connectivity index (χ4n) is 1.60. The SMILES string of the molecule is COC(=O)CC1(CSc2ccc(Br)cn2)CC1. The van der Waals surface area contributed by atoms with Crippen molar-refractivity contribution in [1.82, 2.24) is 4.98 Å². The molecule has 1 heterocycles. The number of pyridine rings is 1. The van der Waals surface area contributed by atoms with Crippen molar-refractivity contribution in [3.05, 3.63) is 22.8 Å². The zero-order chi connectivity index (χ0) is 12.3. The minimum Gasteiger partial charge on any atom is -0.469 e. The molecular weight excluding hydrogens is 302 g/mol. The molecule has 0 saturated heterocycles. The number of esters is 1. The van der Waals surface area contributed by atoms with Crippen molar-refractivity contribution in [2.45, 2.75) is 24.3 Å². The second-order valence-corrected chi connectivity index (χ2v) is 6.27. The second kappa shape index (κ2) is 5.40. The average molecular weight is 316 g/mol. The van der Waals surface area contributed by atoms with Crippen molar-refractivity contribution in [2.75, 3.05) is 12.9 Å². The van der Waals surface area contributed by atoms with Gasteiger partial charge in [-0.05, 0) is 46.3 Å². The summed E-state index contributed by atoms with van der Waals surface area (Å²) in [6, 6.07) is 3.97. The van der Waals surface area contributed by atoms with E-state index in [0.29, 0.717) is 6.42 Å². The predicted octanol–water partition coefficient (Wildman–Crippen LogP) is 3.28. The Balaban J connectivity index is 1.85. The number of nitrogens with zero attached hydrogens (tertiary/aromatic N) is 1. The fourth-order valence-corrected chi connectivity index (χ4v) is 2.97. The molecule has 0 bridgehead atoms. The highest BCUT2D eigenvalue weighted by Crippen LogP contribution is 2.51. The first kappa shape index (κ1) is 12.9. The quantitative estimate of drug-likeness (QED) is 0.617. The fraction of sp³-hybridized carbons (Fsp3) is 0.500. The molecule has 0 amide bonds. The lowest BCUT2D eigenvalue weighted by Crippen LogP contribution is -2.13. The van der Waals surface area contributed by atoms with Crippen molar-refractivity contribution >= 4 is 33.7 Å². The Kier molecular flexibility index (Phi) is 4.09. The normalized spacial score (nSPS) is 16.6. The van der Waals surface area contributed by atoms with Gasteiger partial charge in [-0.3, -0.25) is 4.79 Å². The summed E-state index contributed by atoms with van der Waals surface area (Å²) in [5.74, 6) is 0.836. The smallest absolute Gasteiger partial charge is 0.306 e. The lowest BCUT2D eigenvalue weighted by atomic mass is 10.1. The zero-order valence-electron chi connectivity index (χ0n) is 9.61. The summed E-state index contributed by atoms with van der Waals surface area (Å²) < 4.78 is 5.71. The molecule has 0 N–H and O–H groups in total. The molecule has 0 aliphatic heterocycles. The van der Waals surface area contributed by atoms with E-state index in [9.17, 15) is 4.79 Å². The van der Waals surface area contributed by atoms with Gasteiger partial charge in [0.15, 0.2) is 0 Å². The first-order chi connectivity index (χ1) is 8.13. The molecular formula is C12H14BrNO2S. The topological polar surface area (TPSA) is 39.2 Å². The first-order valence-corrected chi connectivity index (χ1v) is 7.23. The maximum atomic E-state index is 11.3. The number of carbonyl (C=O) groups is 1. The van der Waals surface area contributed by atoms with Gasteiger partial charge in [0.1, 0.15) is 0 Å². The van der Waals surface area contributed by atoms with Crippen LogP contribution >= 0.6 is 27.7 Å². The van der Waals surface area contributed by atoms with E-state index in [2.05, 4.69) is 20.9 Å². The van der Waals surface area contributed by atoms with Crippen molar-refractivity contribution < 1.29 is 9.53 Å². The molecule has 5 heteroatoms. The molecule has 3 nitrogen and oxygen atoms in total. The van der Waals surface area contributed by atoms with E-state index in [0.717, 1.165) is 28.1 Å². The van der Waals surface area contributed by atoms with Crippen LogP contribution in [0.15, 0.2) is 27.8 Å². The molecule has 1 aromatic heterocycles. The van der Waals surface area contributed by atoms with E-state index in [-0.39, 0.29) is 11.4 Å². The van der Waals surface area contributed by atoms with Gasteiger partial charge in [0, 0.05) is 16.4 Å². The monoisotopic (exact) mass is 315 g/mol. The van der Waals surface area contributed by atoms with Gasteiger partial charge >= 0.3 is 5.97 Å². The van der Waals surface area contributed by atoms with Crippen LogP contribution in [0, 0.1) is 5.41 Å². The van der Waals surface area contributed by atoms with E-state index >= 15 is 0 Å². The Morgan fingerprint density at radius 3 is 2.88 bits per heavy atom. The van der Waals surface area contributed by atoms with Crippen molar-refractivity contribution in [3.8, 4) is 0 Å². The highest BCUT2D eigenvalue weighted by molar-refractivity contribution is 9.10. The lowest BCUT2D eigenvalue weighted by Gasteiger charge is -2.12. The minimum absolute atomic E-state index is 0.105. The second-order valence-electron chi connectivity index (χ2n) is 4.36.